The van der Waals surface area contributed by atoms with E-state index in [1.165, 1.54) is 12.4 Å². The van der Waals surface area contributed by atoms with Crippen LogP contribution in [-0.2, 0) is 30.5 Å². The molecule has 46 heavy (non-hydrogen) atoms. The normalized spacial score (nSPS) is 13.5. The van der Waals surface area contributed by atoms with Gasteiger partial charge in [0.25, 0.3) is 10.0 Å². The molecule has 5 rings (SSSR count). The maximum atomic E-state index is 14.0. The van der Waals surface area contributed by atoms with Crippen LogP contribution in [0.3, 0.4) is 0 Å². The molecule has 0 radical (unpaired) electrons. The van der Waals surface area contributed by atoms with Crippen molar-refractivity contribution in [1.29, 1.82) is 0 Å². The second kappa shape index (κ2) is 13.4. The summed E-state index contributed by atoms with van der Waals surface area (Å²) in [6.45, 7) is 0. The molecule has 4 aromatic rings. The summed E-state index contributed by atoms with van der Waals surface area (Å²) >= 11 is 11.3. The van der Waals surface area contributed by atoms with Crippen molar-refractivity contribution in [2.24, 2.45) is 0 Å². The molecule has 0 unspecified atom stereocenters. The molecular formula is C25H16Cl2F4N6O7S2. The number of anilines is 2. The minimum Gasteiger partial charge on any atom is -0.504 e. The number of fused-ring (bicyclic) bond motifs is 1. The van der Waals surface area contributed by atoms with Crippen LogP contribution in [0.1, 0.15) is 27.3 Å². The van der Waals surface area contributed by atoms with Crippen molar-refractivity contribution in [1.82, 2.24) is 19.9 Å². The van der Waals surface area contributed by atoms with Gasteiger partial charge in [0, 0.05) is 30.4 Å². The van der Waals surface area contributed by atoms with Crippen LogP contribution in [0.5, 0.6) is 0 Å². The smallest absolute Gasteiger partial charge is 0.360 e. The Labute approximate surface area is 267 Å². The van der Waals surface area contributed by atoms with Crippen LogP contribution in [0.4, 0.5) is 29.2 Å². The van der Waals surface area contributed by atoms with Crippen molar-refractivity contribution in [2.75, 3.05) is 16.6 Å². The van der Waals surface area contributed by atoms with Crippen LogP contribution in [-0.4, -0.2) is 55.0 Å². The van der Waals surface area contributed by atoms with Crippen LogP contribution < -0.4 is 9.44 Å². The number of rotatable bonds is 6. The zero-order valence-corrected chi connectivity index (χ0v) is 25.7. The zero-order chi connectivity index (χ0) is 34.0. The van der Waals surface area contributed by atoms with Crippen LogP contribution in [0.25, 0.3) is 10.7 Å². The molecule has 0 spiro atoms. The number of halogens is 6. The molecule has 242 valence electrons. The largest absolute Gasteiger partial charge is 0.504 e. The quantitative estimate of drug-likeness (QED) is 0.142. The molecule has 1 aliphatic rings. The summed E-state index contributed by atoms with van der Waals surface area (Å²) in [6.07, 6.45) is 4.71. The molecule has 0 atom stereocenters. The number of hydrogen-bond acceptors (Lipinski definition) is 11. The van der Waals surface area contributed by atoms with Crippen molar-refractivity contribution in [3.63, 3.8) is 0 Å². The Morgan fingerprint density at radius 3 is 2.15 bits per heavy atom. The summed E-state index contributed by atoms with van der Waals surface area (Å²) in [5.74, 6) is -7.47. The van der Waals surface area contributed by atoms with Gasteiger partial charge in [-0.2, -0.15) is 0 Å². The summed E-state index contributed by atoms with van der Waals surface area (Å²) in [5.41, 5.74) is -1.92. The lowest BCUT2D eigenvalue weighted by molar-refractivity contribution is 0.0595. The first-order valence-corrected chi connectivity index (χ1v) is 15.9. The highest BCUT2D eigenvalue weighted by Crippen LogP contribution is 2.40. The number of carbonyl (C=O) groups excluding carboxylic acids is 1. The summed E-state index contributed by atoms with van der Waals surface area (Å²) in [5, 5.41) is 8.75. The van der Waals surface area contributed by atoms with E-state index in [1.807, 2.05) is 9.44 Å². The van der Waals surface area contributed by atoms with Crippen LogP contribution >= 0.6 is 23.2 Å². The molecule has 3 N–H and O–H groups in total. The van der Waals surface area contributed by atoms with E-state index in [2.05, 4.69) is 24.7 Å². The van der Waals surface area contributed by atoms with E-state index in [-0.39, 0.29) is 17.2 Å². The standard InChI is InChI=1S/C13H10ClF2N3O4S.C12H6ClF2N3O3S/c1-23-13(20)11-12(18-5-4-17-11)19-24(21,22)6-7-8(15)2-3-9(16)10(7)14;13-8-6(15)2-1-5(14)7(8)11-10(19)9-12(17-4-3-16-9)18-22(11,20)21/h2-5H,6H2,1H3,(H,18,19);1-4,19H,(H,17,18). The molecule has 2 aromatic carbocycles. The minimum absolute atomic E-state index is 0.216. The number of aliphatic hydroxyl groups is 1. The Bertz CT molecular complexity index is 2120. The van der Waals surface area contributed by atoms with E-state index in [1.54, 1.807) is 0 Å². The molecule has 21 heteroatoms. The third kappa shape index (κ3) is 7.11. The Kier molecular flexibility index (Phi) is 10.00. The minimum atomic E-state index is -4.41. The van der Waals surface area contributed by atoms with Gasteiger partial charge in [-0.05, 0) is 24.3 Å². The van der Waals surface area contributed by atoms with Crippen molar-refractivity contribution < 1.29 is 49.0 Å². The number of benzene rings is 2. The fraction of sp³-hybridized carbons (Fsp3) is 0.0800. The zero-order valence-electron chi connectivity index (χ0n) is 22.6. The number of esters is 1. The highest BCUT2D eigenvalue weighted by Gasteiger charge is 2.37. The van der Waals surface area contributed by atoms with Gasteiger partial charge in [-0.1, -0.05) is 23.2 Å². The lowest BCUT2D eigenvalue weighted by atomic mass is 10.1. The van der Waals surface area contributed by atoms with Gasteiger partial charge < -0.3 is 9.84 Å². The van der Waals surface area contributed by atoms with Crippen molar-refractivity contribution >= 4 is 71.5 Å². The van der Waals surface area contributed by atoms with E-state index >= 15 is 0 Å². The molecule has 0 saturated carbocycles. The number of ether oxygens (including phenoxy) is 1. The number of hydrogen-bond donors (Lipinski definition) is 3. The summed E-state index contributed by atoms with van der Waals surface area (Å²) in [4.78, 5) is 25.5. The predicted octanol–water partition coefficient (Wildman–Crippen LogP) is 4.68. The second-order valence-corrected chi connectivity index (χ2v) is 12.8. The Morgan fingerprint density at radius 1 is 0.913 bits per heavy atom. The molecule has 13 nitrogen and oxygen atoms in total. The van der Waals surface area contributed by atoms with Crippen LogP contribution in [0.2, 0.25) is 10.0 Å². The predicted molar refractivity (Wildman–Crippen MR) is 156 cm³/mol. The number of sulfonamides is 2. The van der Waals surface area contributed by atoms with Gasteiger partial charge in [-0.3, -0.25) is 9.44 Å². The van der Waals surface area contributed by atoms with E-state index in [9.17, 15) is 44.3 Å². The SMILES string of the molecule is COC(=O)c1nccnc1NS(=O)(=O)Cc1c(F)ccc(F)c1Cl.O=S1(=O)Nc2nccnc2C(O)=C1c1c(F)ccc(F)c1Cl. The highest BCUT2D eigenvalue weighted by molar-refractivity contribution is 8.02. The average Bonchev–Trinajstić information content (AvgIpc) is 3.00. The van der Waals surface area contributed by atoms with Crippen LogP contribution in [0, 0.1) is 23.3 Å². The lowest BCUT2D eigenvalue weighted by Crippen LogP contribution is -2.23. The number of aliphatic hydroxyl groups excluding tert-OH is 1. The van der Waals surface area contributed by atoms with Crippen molar-refractivity contribution in [2.45, 2.75) is 5.75 Å². The summed E-state index contributed by atoms with van der Waals surface area (Å²) in [6, 6.07) is 2.99. The number of nitrogens with one attached hydrogen (secondary N) is 2. The van der Waals surface area contributed by atoms with Gasteiger partial charge in [0.05, 0.1) is 28.5 Å². The van der Waals surface area contributed by atoms with Gasteiger partial charge in [0.1, 0.15) is 33.9 Å². The maximum Gasteiger partial charge on any atom is 0.360 e. The van der Waals surface area contributed by atoms with Gasteiger partial charge in [-0.25, -0.2) is 59.1 Å². The second-order valence-electron chi connectivity index (χ2n) is 8.68. The topological polar surface area (TPSA) is 190 Å². The van der Waals surface area contributed by atoms with Gasteiger partial charge in [0.15, 0.2) is 23.1 Å². The molecular weight excluding hydrogens is 707 g/mol. The summed E-state index contributed by atoms with van der Waals surface area (Å²) < 4.78 is 112. The number of carbonyl (C=O) groups is 1. The first kappa shape index (κ1) is 34.3. The molecule has 0 fully saturated rings. The first-order valence-electron chi connectivity index (χ1n) is 12.0. The molecule has 3 heterocycles. The third-order valence-corrected chi connectivity index (χ3v) is 9.06. The van der Waals surface area contributed by atoms with E-state index in [0.717, 1.165) is 37.7 Å². The molecule has 1 aliphatic heterocycles. The Morgan fingerprint density at radius 2 is 1.48 bits per heavy atom. The maximum absolute atomic E-state index is 14.0. The van der Waals surface area contributed by atoms with E-state index in [4.69, 9.17) is 23.2 Å². The molecule has 2 aromatic heterocycles. The summed E-state index contributed by atoms with van der Waals surface area (Å²) in [7, 11) is -7.60. The highest BCUT2D eigenvalue weighted by atomic mass is 35.5. The van der Waals surface area contributed by atoms with Gasteiger partial charge >= 0.3 is 5.97 Å². The molecule has 0 saturated heterocycles. The van der Waals surface area contributed by atoms with Gasteiger partial charge in [0.2, 0.25) is 10.0 Å². The van der Waals surface area contributed by atoms with Crippen LogP contribution in [0.15, 0.2) is 49.1 Å². The molecule has 0 aliphatic carbocycles. The monoisotopic (exact) mass is 722 g/mol. The fourth-order valence-electron chi connectivity index (χ4n) is 3.72. The fourth-order valence-corrected chi connectivity index (χ4v) is 6.83. The first-order chi connectivity index (χ1) is 21.6. The molecule has 0 bridgehead atoms. The Hall–Kier alpha value is -4.59. The average molecular weight is 723 g/mol. The third-order valence-electron chi connectivity index (χ3n) is 5.71. The van der Waals surface area contributed by atoms with E-state index in [0.29, 0.717) is 6.07 Å². The molecule has 0 amide bonds. The number of methoxy groups -OCH3 is 1. The van der Waals surface area contributed by atoms with Gasteiger partial charge in [-0.15, -0.1) is 0 Å². The van der Waals surface area contributed by atoms with E-state index < -0.39 is 92.7 Å². The lowest BCUT2D eigenvalue weighted by Gasteiger charge is -2.20. The Balaban J connectivity index is 0.000000209. The van der Waals surface area contributed by atoms with Crippen molar-refractivity contribution in [3.8, 4) is 0 Å². The number of aromatic nitrogens is 4. The van der Waals surface area contributed by atoms with Crippen molar-refractivity contribution in [3.05, 3.63) is 105 Å². The number of nitrogens with zero attached hydrogens (tertiary/aromatic N) is 4.